The third-order valence-corrected chi connectivity index (χ3v) is 4.32. The van der Waals surface area contributed by atoms with Crippen LogP contribution in [0, 0.1) is 6.92 Å². The fourth-order valence-electron chi connectivity index (χ4n) is 2.95. The highest BCUT2D eigenvalue weighted by molar-refractivity contribution is 5.91. The molecule has 2 aromatic rings. The standard InChI is InChI=1S/C21H28N2O2/c1-15(2)18-12-7-9-16(3)20(18)23-21(25)22-19(13-8-14-24)17-10-5-4-6-11-17/h4-7,9-12,15,19,24H,8,13-14H2,1-3H3,(H2,22,23,25)/t19-/m0/s1. The molecular weight excluding hydrogens is 312 g/mol. The molecule has 25 heavy (non-hydrogen) atoms. The first-order valence-electron chi connectivity index (χ1n) is 8.85. The van der Waals surface area contributed by atoms with Gasteiger partial charge in [0.1, 0.15) is 0 Å². The summed E-state index contributed by atoms with van der Waals surface area (Å²) in [6, 6.07) is 15.6. The fraction of sp³-hybridized carbons (Fsp3) is 0.381. The summed E-state index contributed by atoms with van der Waals surface area (Å²) in [5.41, 5.74) is 4.10. The van der Waals surface area contributed by atoms with Crippen molar-refractivity contribution in [1.82, 2.24) is 5.32 Å². The Balaban J connectivity index is 2.14. The molecule has 0 radical (unpaired) electrons. The van der Waals surface area contributed by atoms with Crippen LogP contribution in [0.3, 0.4) is 0 Å². The van der Waals surface area contributed by atoms with E-state index in [0.717, 1.165) is 22.4 Å². The lowest BCUT2D eigenvalue weighted by atomic mass is 9.98. The minimum atomic E-state index is -0.219. The van der Waals surface area contributed by atoms with Gasteiger partial charge in [-0.05, 0) is 42.4 Å². The highest BCUT2D eigenvalue weighted by atomic mass is 16.3. The number of carbonyl (C=O) groups is 1. The van der Waals surface area contributed by atoms with E-state index in [-0.39, 0.29) is 18.7 Å². The second-order valence-corrected chi connectivity index (χ2v) is 6.62. The van der Waals surface area contributed by atoms with Gasteiger partial charge in [0.05, 0.1) is 6.04 Å². The van der Waals surface area contributed by atoms with Gasteiger partial charge in [0, 0.05) is 12.3 Å². The lowest BCUT2D eigenvalue weighted by molar-refractivity contribution is 0.243. The van der Waals surface area contributed by atoms with Gasteiger partial charge < -0.3 is 15.7 Å². The topological polar surface area (TPSA) is 61.4 Å². The Morgan fingerprint density at radius 3 is 2.44 bits per heavy atom. The molecule has 2 amide bonds. The van der Waals surface area contributed by atoms with Gasteiger partial charge >= 0.3 is 6.03 Å². The molecule has 0 heterocycles. The number of carbonyl (C=O) groups excluding carboxylic acids is 1. The number of aryl methyl sites for hydroxylation is 1. The molecule has 0 aliphatic carbocycles. The van der Waals surface area contributed by atoms with Gasteiger partial charge in [-0.2, -0.15) is 0 Å². The number of anilines is 1. The van der Waals surface area contributed by atoms with Gasteiger partial charge in [-0.25, -0.2) is 4.79 Å². The second kappa shape index (κ2) is 9.23. The SMILES string of the molecule is Cc1cccc(C(C)C)c1NC(=O)N[C@@H](CCCO)c1ccccc1. The number of hydrogen-bond acceptors (Lipinski definition) is 2. The van der Waals surface area contributed by atoms with E-state index in [9.17, 15) is 4.79 Å². The van der Waals surface area contributed by atoms with Crippen molar-refractivity contribution in [2.45, 2.75) is 45.6 Å². The van der Waals surface area contributed by atoms with Crippen LogP contribution in [0.25, 0.3) is 0 Å². The minimum absolute atomic E-state index is 0.113. The van der Waals surface area contributed by atoms with Crippen molar-refractivity contribution < 1.29 is 9.90 Å². The number of benzene rings is 2. The minimum Gasteiger partial charge on any atom is -0.396 e. The summed E-state index contributed by atoms with van der Waals surface area (Å²) in [5.74, 6) is 0.328. The molecule has 0 aromatic heterocycles. The number of hydrogen-bond donors (Lipinski definition) is 3. The maximum Gasteiger partial charge on any atom is 0.319 e. The average Bonchev–Trinajstić information content (AvgIpc) is 2.60. The molecule has 0 aliphatic heterocycles. The number of nitrogens with one attached hydrogen (secondary N) is 2. The van der Waals surface area contributed by atoms with Crippen LogP contribution in [0.15, 0.2) is 48.5 Å². The van der Waals surface area contributed by atoms with Gasteiger partial charge in [0.2, 0.25) is 0 Å². The van der Waals surface area contributed by atoms with Crippen LogP contribution in [0.1, 0.15) is 55.3 Å². The first-order valence-corrected chi connectivity index (χ1v) is 8.85. The van der Waals surface area contributed by atoms with Crippen molar-refractivity contribution in [2.24, 2.45) is 0 Å². The molecule has 0 unspecified atom stereocenters. The summed E-state index contributed by atoms with van der Waals surface area (Å²) in [4.78, 5) is 12.6. The molecule has 0 saturated heterocycles. The first-order chi connectivity index (χ1) is 12.0. The smallest absolute Gasteiger partial charge is 0.319 e. The van der Waals surface area contributed by atoms with Crippen molar-refractivity contribution in [1.29, 1.82) is 0 Å². The van der Waals surface area contributed by atoms with Gasteiger partial charge in [0.15, 0.2) is 0 Å². The van der Waals surface area contributed by atoms with E-state index in [1.807, 2.05) is 55.5 Å². The van der Waals surface area contributed by atoms with Crippen molar-refractivity contribution in [3.63, 3.8) is 0 Å². The van der Waals surface area contributed by atoms with Crippen molar-refractivity contribution in [2.75, 3.05) is 11.9 Å². The number of rotatable bonds is 7. The number of aliphatic hydroxyl groups is 1. The largest absolute Gasteiger partial charge is 0.396 e. The predicted octanol–water partition coefficient (Wildman–Crippen LogP) is 4.75. The Kier molecular flexibility index (Phi) is 7.02. The Morgan fingerprint density at radius 1 is 1.08 bits per heavy atom. The van der Waals surface area contributed by atoms with Crippen LogP contribution in [-0.4, -0.2) is 17.7 Å². The van der Waals surface area contributed by atoms with E-state index in [1.54, 1.807) is 0 Å². The van der Waals surface area contributed by atoms with E-state index in [0.29, 0.717) is 18.8 Å². The Hall–Kier alpha value is -2.33. The van der Waals surface area contributed by atoms with E-state index in [4.69, 9.17) is 5.11 Å². The molecule has 0 spiro atoms. The summed E-state index contributed by atoms with van der Waals surface area (Å²) in [6.45, 7) is 6.35. The molecule has 2 rings (SSSR count). The third-order valence-electron chi connectivity index (χ3n) is 4.32. The zero-order valence-electron chi connectivity index (χ0n) is 15.3. The summed E-state index contributed by atoms with van der Waals surface area (Å²) >= 11 is 0. The van der Waals surface area contributed by atoms with Gasteiger partial charge in [-0.15, -0.1) is 0 Å². The Morgan fingerprint density at radius 2 is 1.80 bits per heavy atom. The van der Waals surface area contributed by atoms with Crippen molar-refractivity contribution >= 4 is 11.7 Å². The summed E-state index contributed by atoms with van der Waals surface area (Å²) in [5, 5.41) is 15.2. The highest BCUT2D eigenvalue weighted by Gasteiger charge is 2.16. The van der Waals surface area contributed by atoms with E-state index in [1.165, 1.54) is 0 Å². The van der Waals surface area contributed by atoms with Crippen molar-refractivity contribution in [3.8, 4) is 0 Å². The lowest BCUT2D eigenvalue weighted by Gasteiger charge is -2.21. The van der Waals surface area contributed by atoms with Gasteiger partial charge in [0.25, 0.3) is 0 Å². The highest BCUT2D eigenvalue weighted by Crippen LogP contribution is 2.27. The molecule has 0 fully saturated rings. The summed E-state index contributed by atoms with van der Waals surface area (Å²) < 4.78 is 0. The van der Waals surface area contributed by atoms with Crippen molar-refractivity contribution in [3.05, 3.63) is 65.2 Å². The predicted molar refractivity (Wildman–Crippen MR) is 103 cm³/mol. The van der Waals surface area contributed by atoms with Crippen LogP contribution in [0.4, 0.5) is 10.5 Å². The van der Waals surface area contributed by atoms with Gasteiger partial charge in [-0.3, -0.25) is 0 Å². The molecule has 4 heteroatoms. The third kappa shape index (κ3) is 5.33. The van der Waals surface area contributed by atoms with Crippen LogP contribution in [0.5, 0.6) is 0 Å². The second-order valence-electron chi connectivity index (χ2n) is 6.62. The number of amides is 2. The first kappa shape index (κ1) is 19.0. The van der Waals surface area contributed by atoms with E-state index >= 15 is 0 Å². The quantitative estimate of drug-likeness (QED) is 0.681. The molecular formula is C21H28N2O2. The molecule has 2 aromatic carbocycles. The molecule has 0 bridgehead atoms. The molecule has 3 N–H and O–H groups in total. The Labute approximate surface area is 150 Å². The zero-order valence-corrected chi connectivity index (χ0v) is 15.3. The number of aliphatic hydroxyl groups excluding tert-OH is 1. The molecule has 134 valence electrons. The molecule has 4 nitrogen and oxygen atoms in total. The maximum absolute atomic E-state index is 12.6. The van der Waals surface area contributed by atoms with E-state index < -0.39 is 0 Å². The average molecular weight is 340 g/mol. The molecule has 1 atom stereocenters. The lowest BCUT2D eigenvalue weighted by Crippen LogP contribution is -2.33. The van der Waals surface area contributed by atoms with Crippen LogP contribution < -0.4 is 10.6 Å². The normalized spacial score (nSPS) is 12.0. The Bertz CT molecular complexity index is 684. The van der Waals surface area contributed by atoms with Crippen LogP contribution in [0.2, 0.25) is 0 Å². The molecule has 0 saturated carbocycles. The maximum atomic E-state index is 12.6. The molecule has 0 aliphatic rings. The number of urea groups is 1. The van der Waals surface area contributed by atoms with Gasteiger partial charge in [-0.1, -0.05) is 62.4 Å². The summed E-state index contributed by atoms with van der Waals surface area (Å²) in [7, 11) is 0. The summed E-state index contributed by atoms with van der Waals surface area (Å²) in [6.07, 6.45) is 1.33. The van der Waals surface area contributed by atoms with E-state index in [2.05, 4.69) is 24.5 Å². The zero-order chi connectivity index (χ0) is 18.2. The van der Waals surface area contributed by atoms with Crippen LogP contribution >= 0.6 is 0 Å². The monoisotopic (exact) mass is 340 g/mol. The fourth-order valence-corrected chi connectivity index (χ4v) is 2.95. The van der Waals surface area contributed by atoms with Crippen LogP contribution in [-0.2, 0) is 0 Å². The number of para-hydroxylation sites is 1.